The molecule has 152 valence electrons. The molecule has 0 spiro atoms. The van der Waals surface area contributed by atoms with E-state index in [1.54, 1.807) is 48.5 Å². The number of nitrogen functional groups attached to an aromatic ring is 1. The van der Waals surface area contributed by atoms with Gasteiger partial charge in [0.25, 0.3) is 10.0 Å². The zero-order valence-electron chi connectivity index (χ0n) is 15.3. The second-order valence-electron chi connectivity index (χ2n) is 6.30. The first-order chi connectivity index (χ1) is 14.3. The van der Waals surface area contributed by atoms with Crippen LogP contribution in [0, 0.1) is 5.82 Å². The molecule has 0 bridgehead atoms. The van der Waals surface area contributed by atoms with Gasteiger partial charge in [0, 0.05) is 10.7 Å². The minimum Gasteiger partial charge on any atom is -0.367 e. The van der Waals surface area contributed by atoms with Gasteiger partial charge in [-0.15, -0.1) is 9.19 Å². The maximum absolute atomic E-state index is 13.1. The van der Waals surface area contributed by atoms with Crippen molar-refractivity contribution in [2.24, 2.45) is 0 Å². The monoisotopic (exact) mass is 443 g/mol. The van der Waals surface area contributed by atoms with Gasteiger partial charge >= 0.3 is 0 Å². The number of nitrogens with zero attached hydrogens (tertiary/aromatic N) is 3. The average molecular weight is 444 g/mol. The number of rotatable bonds is 5. The first kappa shape index (κ1) is 19.9. The summed E-state index contributed by atoms with van der Waals surface area (Å²) >= 11 is 5.85. The molecule has 4 aromatic rings. The highest BCUT2D eigenvalue weighted by Crippen LogP contribution is 2.24. The van der Waals surface area contributed by atoms with Crippen LogP contribution in [0.2, 0.25) is 5.02 Å². The van der Waals surface area contributed by atoms with Gasteiger partial charge in [0.1, 0.15) is 5.82 Å². The Morgan fingerprint density at radius 1 is 0.900 bits per heavy atom. The third-order valence-electron chi connectivity index (χ3n) is 4.26. The average Bonchev–Trinajstić information content (AvgIpc) is 3.11. The summed E-state index contributed by atoms with van der Waals surface area (Å²) in [7, 11) is -4.06. The standard InChI is InChI=1S/C20H15ClFN5O2S/c21-15-5-9-17(10-6-15)24-20-25-19(23)27(26-20)30(28,29)18-11-3-14(4-12-18)13-1-7-16(22)8-2-13/h1-12H,(H3,23,24,25,26). The van der Waals surface area contributed by atoms with Crippen molar-refractivity contribution in [1.82, 2.24) is 14.2 Å². The molecule has 0 aliphatic rings. The van der Waals surface area contributed by atoms with Gasteiger partial charge < -0.3 is 11.1 Å². The van der Waals surface area contributed by atoms with E-state index in [9.17, 15) is 12.8 Å². The Morgan fingerprint density at radius 2 is 1.47 bits per heavy atom. The van der Waals surface area contributed by atoms with E-state index < -0.39 is 10.0 Å². The van der Waals surface area contributed by atoms with Crippen molar-refractivity contribution in [2.45, 2.75) is 4.90 Å². The number of benzene rings is 3. The highest BCUT2D eigenvalue weighted by molar-refractivity contribution is 7.90. The van der Waals surface area contributed by atoms with Crippen LogP contribution in [0.25, 0.3) is 11.1 Å². The molecule has 30 heavy (non-hydrogen) atoms. The molecule has 0 atom stereocenters. The van der Waals surface area contributed by atoms with Crippen LogP contribution in [-0.4, -0.2) is 22.6 Å². The third kappa shape index (κ3) is 3.98. The lowest BCUT2D eigenvalue weighted by molar-refractivity contribution is 0.581. The van der Waals surface area contributed by atoms with E-state index in [1.165, 1.54) is 24.3 Å². The lowest BCUT2D eigenvalue weighted by Gasteiger charge is -2.07. The Morgan fingerprint density at radius 3 is 2.07 bits per heavy atom. The van der Waals surface area contributed by atoms with Crippen LogP contribution in [-0.2, 0) is 10.0 Å². The van der Waals surface area contributed by atoms with E-state index in [2.05, 4.69) is 15.4 Å². The highest BCUT2D eigenvalue weighted by atomic mass is 35.5. The summed E-state index contributed by atoms with van der Waals surface area (Å²) in [5.41, 5.74) is 7.91. The van der Waals surface area contributed by atoms with Crippen molar-refractivity contribution in [3.63, 3.8) is 0 Å². The Balaban J connectivity index is 1.61. The molecule has 4 rings (SSSR count). The molecule has 3 aromatic carbocycles. The van der Waals surface area contributed by atoms with Crippen LogP contribution in [0.15, 0.2) is 77.7 Å². The van der Waals surface area contributed by atoms with Crippen LogP contribution < -0.4 is 11.1 Å². The van der Waals surface area contributed by atoms with Crippen molar-refractivity contribution in [3.05, 3.63) is 83.6 Å². The molecule has 0 saturated heterocycles. The molecule has 0 saturated carbocycles. The van der Waals surface area contributed by atoms with Crippen LogP contribution in [0.3, 0.4) is 0 Å². The predicted molar refractivity (Wildman–Crippen MR) is 114 cm³/mol. The molecule has 0 aliphatic heterocycles. The molecule has 0 amide bonds. The summed E-state index contributed by atoms with van der Waals surface area (Å²) in [5.74, 6) is -0.599. The Bertz CT molecular complexity index is 1290. The fourth-order valence-corrected chi connectivity index (χ4v) is 4.04. The van der Waals surface area contributed by atoms with Crippen LogP contribution in [0.4, 0.5) is 22.0 Å². The summed E-state index contributed by atoms with van der Waals surface area (Å²) in [6, 6.07) is 18.8. The van der Waals surface area contributed by atoms with Gasteiger partial charge in [-0.1, -0.05) is 35.9 Å². The number of hydrogen-bond donors (Lipinski definition) is 2. The quantitative estimate of drug-likeness (QED) is 0.476. The SMILES string of the molecule is Nc1nc(Nc2ccc(Cl)cc2)nn1S(=O)(=O)c1ccc(-c2ccc(F)cc2)cc1. The van der Waals surface area contributed by atoms with E-state index in [0.29, 0.717) is 14.8 Å². The van der Waals surface area contributed by atoms with Gasteiger partial charge in [-0.05, 0) is 59.7 Å². The first-order valence-corrected chi connectivity index (χ1v) is 10.5. The molecule has 3 N–H and O–H groups in total. The van der Waals surface area contributed by atoms with Crippen molar-refractivity contribution in [1.29, 1.82) is 0 Å². The summed E-state index contributed by atoms with van der Waals surface area (Å²) in [4.78, 5) is 3.95. The van der Waals surface area contributed by atoms with Gasteiger partial charge in [-0.2, -0.15) is 13.4 Å². The fraction of sp³-hybridized carbons (Fsp3) is 0. The van der Waals surface area contributed by atoms with E-state index in [0.717, 1.165) is 11.1 Å². The fourth-order valence-electron chi connectivity index (χ4n) is 2.76. The largest absolute Gasteiger partial charge is 0.367 e. The molecule has 7 nitrogen and oxygen atoms in total. The summed E-state index contributed by atoms with van der Waals surface area (Å²) in [5, 5.41) is 7.41. The van der Waals surface area contributed by atoms with Crippen LogP contribution in [0.5, 0.6) is 0 Å². The normalized spacial score (nSPS) is 11.4. The molecule has 0 aliphatic carbocycles. The van der Waals surface area contributed by atoms with E-state index in [4.69, 9.17) is 17.3 Å². The molecule has 0 radical (unpaired) electrons. The number of aromatic nitrogens is 3. The van der Waals surface area contributed by atoms with Gasteiger partial charge in [0.15, 0.2) is 0 Å². The maximum Gasteiger partial charge on any atom is 0.286 e. The number of nitrogens with one attached hydrogen (secondary N) is 1. The van der Waals surface area contributed by atoms with Crippen molar-refractivity contribution in [3.8, 4) is 11.1 Å². The second kappa shape index (κ2) is 7.77. The Labute approximate surface area is 177 Å². The van der Waals surface area contributed by atoms with Gasteiger partial charge in [-0.3, -0.25) is 0 Å². The minimum atomic E-state index is -4.06. The van der Waals surface area contributed by atoms with E-state index in [-0.39, 0.29) is 22.6 Å². The van der Waals surface area contributed by atoms with Crippen LogP contribution >= 0.6 is 11.6 Å². The van der Waals surface area contributed by atoms with Gasteiger partial charge in [0.05, 0.1) is 4.90 Å². The smallest absolute Gasteiger partial charge is 0.286 e. The van der Waals surface area contributed by atoms with Gasteiger partial charge in [0.2, 0.25) is 11.9 Å². The maximum atomic E-state index is 13.1. The van der Waals surface area contributed by atoms with Crippen molar-refractivity contribution in [2.75, 3.05) is 11.1 Å². The topological polar surface area (TPSA) is 103 Å². The molecular formula is C20H15ClFN5O2S. The number of halogens is 2. The van der Waals surface area contributed by atoms with Crippen LogP contribution in [0.1, 0.15) is 0 Å². The number of anilines is 3. The Kier molecular flexibility index (Phi) is 5.15. The molecule has 10 heteroatoms. The zero-order valence-corrected chi connectivity index (χ0v) is 16.9. The lowest BCUT2D eigenvalue weighted by atomic mass is 10.1. The molecule has 0 fully saturated rings. The highest BCUT2D eigenvalue weighted by Gasteiger charge is 2.23. The molecular weight excluding hydrogens is 429 g/mol. The van der Waals surface area contributed by atoms with Crippen molar-refractivity contribution >= 4 is 39.2 Å². The lowest BCUT2D eigenvalue weighted by Crippen LogP contribution is -2.17. The number of nitrogens with two attached hydrogens (primary N) is 1. The summed E-state index contributed by atoms with van der Waals surface area (Å²) in [6.45, 7) is 0. The predicted octanol–water partition coefficient (Wildman–Crippen LogP) is 4.30. The first-order valence-electron chi connectivity index (χ1n) is 8.70. The summed E-state index contributed by atoms with van der Waals surface area (Å²) in [6.07, 6.45) is 0. The molecule has 1 heterocycles. The van der Waals surface area contributed by atoms with E-state index >= 15 is 0 Å². The molecule has 1 aromatic heterocycles. The zero-order chi connectivity index (χ0) is 21.3. The second-order valence-corrected chi connectivity index (χ2v) is 8.51. The van der Waals surface area contributed by atoms with E-state index in [1.807, 2.05) is 0 Å². The summed E-state index contributed by atoms with van der Waals surface area (Å²) < 4.78 is 39.6. The minimum absolute atomic E-state index is 0.0111. The Hall–Kier alpha value is -3.43. The number of hydrogen-bond acceptors (Lipinski definition) is 6. The third-order valence-corrected chi connectivity index (χ3v) is 6.10. The van der Waals surface area contributed by atoms with Gasteiger partial charge in [-0.25, -0.2) is 4.39 Å². The van der Waals surface area contributed by atoms with Crippen molar-refractivity contribution < 1.29 is 12.8 Å². The molecule has 0 unspecified atom stereocenters.